The molecule has 5 N–H and O–H groups in total. The Balaban J connectivity index is 4.04. The molecule has 7 nitrogen and oxygen atoms in total. The molecule has 0 unspecified atom stereocenters. The molecule has 0 atom stereocenters. The van der Waals surface area contributed by atoms with E-state index in [1.165, 1.54) is 0 Å². The summed E-state index contributed by atoms with van der Waals surface area (Å²) in [6, 6.07) is 0. The highest BCUT2D eigenvalue weighted by Crippen LogP contribution is 2.06. The topological polar surface area (TPSA) is 108 Å². The van der Waals surface area contributed by atoms with E-state index < -0.39 is 18.0 Å². The maximum atomic E-state index is 11.5. The first-order valence-electron chi connectivity index (χ1n) is 7.85. The zero-order chi connectivity index (χ0) is 17.0. The van der Waals surface area contributed by atoms with Crippen LogP contribution in [0.2, 0.25) is 0 Å². The molecule has 0 aromatic rings. The summed E-state index contributed by atoms with van der Waals surface area (Å²) in [4.78, 5) is 11.5. The molecule has 22 heavy (non-hydrogen) atoms. The molecule has 0 bridgehead atoms. The van der Waals surface area contributed by atoms with Gasteiger partial charge in [0.25, 0.3) is 0 Å². The van der Waals surface area contributed by atoms with Crippen LogP contribution in [-0.4, -0.2) is 65.2 Å². The van der Waals surface area contributed by atoms with Crippen LogP contribution in [-0.2, 0) is 4.74 Å². The fourth-order valence-electron chi connectivity index (χ4n) is 1.78. The lowest BCUT2D eigenvalue weighted by molar-refractivity contribution is -0.525. The van der Waals surface area contributed by atoms with E-state index >= 15 is 0 Å². The molecule has 0 saturated heterocycles. The molecule has 0 rings (SSSR count). The summed E-state index contributed by atoms with van der Waals surface area (Å²) in [5.41, 5.74) is 5.02. The van der Waals surface area contributed by atoms with Crippen molar-refractivity contribution in [1.82, 2.24) is 5.32 Å². The highest BCUT2D eigenvalue weighted by molar-refractivity contribution is 5.67. The number of hydrogen-bond donors (Lipinski definition) is 4. The normalized spacial score (nSPS) is 12.6. The van der Waals surface area contributed by atoms with Crippen molar-refractivity contribution in [2.45, 2.75) is 58.3 Å². The van der Waals surface area contributed by atoms with Crippen molar-refractivity contribution in [2.75, 3.05) is 26.2 Å². The highest BCUT2D eigenvalue weighted by atomic mass is 16.6. The maximum absolute atomic E-state index is 11.5. The Morgan fingerprint density at radius 2 is 1.95 bits per heavy atom. The Morgan fingerprint density at radius 3 is 2.50 bits per heavy atom. The third kappa shape index (κ3) is 13.8. The van der Waals surface area contributed by atoms with E-state index in [-0.39, 0.29) is 0 Å². The molecule has 0 aromatic heterocycles. The van der Waals surface area contributed by atoms with Crippen molar-refractivity contribution in [1.29, 1.82) is 0 Å². The first-order valence-corrected chi connectivity index (χ1v) is 7.85. The van der Waals surface area contributed by atoms with Crippen LogP contribution in [0.3, 0.4) is 0 Å². The third-order valence-corrected chi connectivity index (χ3v) is 2.75. The zero-order valence-electron chi connectivity index (χ0n) is 14.0. The number of carbonyl (C=O) groups excluding carboxylic acids is 1. The molecule has 0 aliphatic rings. The van der Waals surface area contributed by atoms with Gasteiger partial charge in [-0.3, -0.25) is 0 Å². The van der Waals surface area contributed by atoms with Crippen LogP contribution in [0, 0.1) is 0 Å². The molecule has 0 aliphatic heterocycles. The summed E-state index contributed by atoms with van der Waals surface area (Å²) in [6.07, 6.45) is 2.84. The van der Waals surface area contributed by atoms with Gasteiger partial charge in [0.05, 0.1) is 0 Å². The van der Waals surface area contributed by atoms with Gasteiger partial charge in [-0.1, -0.05) is 0 Å². The quantitative estimate of drug-likeness (QED) is 0.202. The Bertz CT molecular complexity index is 338. The van der Waals surface area contributed by atoms with Gasteiger partial charge < -0.3 is 26.0 Å². The average molecular weight is 318 g/mol. The second-order valence-corrected chi connectivity index (χ2v) is 6.20. The number of nitrogens with zero attached hydrogens (tertiary/aromatic N) is 1. The van der Waals surface area contributed by atoms with Gasteiger partial charge in [-0.25, -0.2) is 9.37 Å². The Kier molecular flexibility index (Phi) is 10.8. The van der Waals surface area contributed by atoms with E-state index in [1.54, 1.807) is 0 Å². The molecule has 0 heterocycles. The van der Waals surface area contributed by atoms with Crippen LogP contribution in [0.1, 0.15) is 46.5 Å². The van der Waals surface area contributed by atoms with E-state index in [2.05, 4.69) is 9.89 Å². The first kappa shape index (κ1) is 20.8. The Hall–Kier alpha value is -1.18. The number of amides is 1. The number of aliphatic hydroxyl groups excluding tert-OH is 1. The smallest absolute Gasteiger partial charge is 0.407 e. The lowest BCUT2D eigenvalue weighted by Crippen LogP contribution is -2.33. The third-order valence-electron chi connectivity index (χ3n) is 2.75. The Labute approximate surface area is 133 Å². The molecule has 0 spiro atoms. The van der Waals surface area contributed by atoms with E-state index in [0.717, 1.165) is 25.9 Å². The summed E-state index contributed by atoms with van der Waals surface area (Å²) >= 11 is 0. The molecule has 0 aromatic carbocycles. The number of ether oxygens (including phenoxy) is 1. The van der Waals surface area contributed by atoms with E-state index in [4.69, 9.17) is 20.7 Å². The standard InChI is InChI=1S/C15H31N3O4/c1-15(2,3)22-14(21)17-9-6-12-18(11-5-8-16)10-4-7-13(19)20/h10,13,19-20H,4-9,11-12,16H2,1-3H3/p+1. The molecular weight excluding hydrogens is 286 g/mol. The highest BCUT2D eigenvalue weighted by Gasteiger charge is 2.15. The number of nitrogens with two attached hydrogens (primary N) is 1. The molecule has 1 amide bonds. The summed E-state index contributed by atoms with van der Waals surface area (Å²) < 4.78 is 7.26. The van der Waals surface area contributed by atoms with Gasteiger partial charge in [0.15, 0.2) is 6.29 Å². The van der Waals surface area contributed by atoms with E-state index in [9.17, 15) is 4.79 Å². The number of hydrogen-bond acceptors (Lipinski definition) is 5. The SMILES string of the molecule is CC(C)(C)OC(=O)NCCC[N+](=CCCC(O)O)CCCN. The number of alkyl carbamates (subject to hydrolysis) is 1. The summed E-state index contributed by atoms with van der Waals surface area (Å²) in [6.45, 7) is 8.22. The first-order chi connectivity index (χ1) is 10.2. The fraction of sp³-hybridized carbons (Fsp3) is 0.867. The summed E-state index contributed by atoms with van der Waals surface area (Å²) in [7, 11) is 0. The number of carbonyl (C=O) groups is 1. The van der Waals surface area contributed by atoms with Gasteiger partial charge in [-0.15, -0.1) is 0 Å². The summed E-state index contributed by atoms with van der Waals surface area (Å²) in [5, 5.41) is 20.4. The lowest BCUT2D eigenvalue weighted by Gasteiger charge is -2.19. The molecule has 0 saturated carbocycles. The van der Waals surface area contributed by atoms with Crippen molar-refractivity contribution in [2.24, 2.45) is 5.73 Å². The predicted octanol–water partition coefficient (Wildman–Crippen LogP) is 0.424. The molecule has 0 aliphatic carbocycles. The van der Waals surface area contributed by atoms with Crippen molar-refractivity contribution < 1.29 is 24.3 Å². The van der Waals surface area contributed by atoms with Gasteiger partial charge in [-0.2, -0.15) is 0 Å². The zero-order valence-corrected chi connectivity index (χ0v) is 14.0. The van der Waals surface area contributed by atoms with Gasteiger partial charge in [0, 0.05) is 32.2 Å². The van der Waals surface area contributed by atoms with Crippen LogP contribution < -0.4 is 11.1 Å². The molecule has 7 heteroatoms. The van der Waals surface area contributed by atoms with Gasteiger partial charge in [0.2, 0.25) is 0 Å². The van der Waals surface area contributed by atoms with Gasteiger partial charge in [-0.05, 0) is 27.3 Å². The second kappa shape index (κ2) is 11.4. The van der Waals surface area contributed by atoms with Gasteiger partial charge in [0.1, 0.15) is 24.9 Å². The van der Waals surface area contributed by atoms with Crippen LogP contribution >= 0.6 is 0 Å². The minimum absolute atomic E-state index is 0.315. The minimum atomic E-state index is -1.28. The van der Waals surface area contributed by atoms with Crippen LogP contribution in [0.25, 0.3) is 0 Å². The fourth-order valence-corrected chi connectivity index (χ4v) is 1.78. The van der Waals surface area contributed by atoms with Crippen molar-refractivity contribution >= 4 is 12.3 Å². The van der Waals surface area contributed by atoms with Crippen LogP contribution in [0.5, 0.6) is 0 Å². The maximum Gasteiger partial charge on any atom is 0.407 e. The van der Waals surface area contributed by atoms with E-state index in [1.807, 2.05) is 27.0 Å². The molecular formula is C15H32N3O4+. The van der Waals surface area contributed by atoms with Crippen LogP contribution in [0.4, 0.5) is 4.79 Å². The lowest BCUT2D eigenvalue weighted by atomic mass is 10.2. The van der Waals surface area contributed by atoms with Crippen molar-refractivity contribution in [3.63, 3.8) is 0 Å². The van der Waals surface area contributed by atoms with Gasteiger partial charge >= 0.3 is 6.09 Å². The molecule has 130 valence electrons. The molecule has 0 fully saturated rings. The number of aliphatic hydroxyl groups is 2. The largest absolute Gasteiger partial charge is 0.444 e. The predicted molar refractivity (Wildman–Crippen MR) is 86.0 cm³/mol. The van der Waals surface area contributed by atoms with Crippen LogP contribution in [0.15, 0.2) is 0 Å². The number of rotatable bonds is 10. The van der Waals surface area contributed by atoms with Crippen molar-refractivity contribution in [3.8, 4) is 0 Å². The summed E-state index contributed by atoms with van der Waals surface area (Å²) in [5.74, 6) is 0. The second-order valence-electron chi connectivity index (χ2n) is 6.20. The Morgan fingerprint density at radius 1 is 1.32 bits per heavy atom. The minimum Gasteiger partial charge on any atom is -0.444 e. The average Bonchev–Trinajstić information content (AvgIpc) is 2.37. The van der Waals surface area contributed by atoms with E-state index in [0.29, 0.717) is 25.9 Å². The number of nitrogens with one attached hydrogen (secondary N) is 1. The molecule has 0 radical (unpaired) electrons. The monoisotopic (exact) mass is 318 g/mol. The van der Waals surface area contributed by atoms with Crippen molar-refractivity contribution in [3.05, 3.63) is 0 Å².